The van der Waals surface area contributed by atoms with Crippen molar-refractivity contribution in [3.05, 3.63) is 33.2 Å². The molecule has 0 saturated heterocycles. The lowest BCUT2D eigenvalue weighted by atomic mass is 10.3. The van der Waals surface area contributed by atoms with E-state index in [0.717, 1.165) is 0 Å². The number of aromatic nitrogens is 1. The maximum absolute atomic E-state index is 11.1. The van der Waals surface area contributed by atoms with Crippen molar-refractivity contribution >= 4 is 11.6 Å². The van der Waals surface area contributed by atoms with E-state index in [1.165, 1.54) is 12.3 Å². The number of aromatic amines is 1. The Kier molecular flexibility index (Phi) is 3.14. The Morgan fingerprint density at radius 1 is 1.62 bits per heavy atom. The molecule has 0 bridgehead atoms. The highest BCUT2D eigenvalue weighted by atomic mass is 35.5. The van der Waals surface area contributed by atoms with Gasteiger partial charge in [-0.05, 0) is 6.07 Å². The van der Waals surface area contributed by atoms with Crippen molar-refractivity contribution in [1.82, 2.24) is 4.98 Å². The zero-order chi connectivity index (χ0) is 9.68. The summed E-state index contributed by atoms with van der Waals surface area (Å²) in [4.78, 5) is 13.5. The SMILES string of the molecule is N#CCC#Cc1cc(Cl)c[nH]c1=O. The smallest absolute Gasteiger partial charge is 0.263 e. The minimum absolute atomic E-state index is 0.103. The molecule has 0 aliphatic rings. The van der Waals surface area contributed by atoms with Crippen molar-refractivity contribution in [1.29, 1.82) is 5.26 Å². The fourth-order valence-electron chi connectivity index (χ4n) is 0.729. The second-order valence-electron chi connectivity index (χ2n) is 2.20. The van der Waals surface area contributed by atoms with Gasteiger partial charge in [-0.25, -0.2) is 0 Å². The zero-order valence-electron chi connectivity index (χ0n) is 6.60. The quantitative estimate of drug-likeness (QED) is 0.630. The molecule has 0 aliphatic heterocycles. The molecule has 0 aromatic carbocycles. The maximum atomic E-state index is 11.1. The monoisotopic (exact) mass is 192 g/mol. The van der Waals surface area contributed by atoms with Gasteiger partial charge in [0.15, 0.2) is 0 Å². The molecule has 0 spiro atoms. The number of nitriles is 1. The average molecular weight is 193 g/mol. The third kappa shape index (κ3) is 2.66. The summed E-state index contributed by atoms with van der Waals surface area (Å²) in [5.74, 6) is 5.08. The molecule has 1 heterocycles. The van der Waals surface area contributed by atoms with Gasteiger partial charge >= 0.3 is 0 Å². The van der Waals surface area contributed by atoms with Gasteiger partial charge < -0.3 is 4.98 Å². The van der Waals surface area contributed by atoms with Gasteiger partial charge in [0.05, 0.1) is 23.1 Å². The molecule has 0 unspecified atom stereocenters. The van der Waals surface area contributed by atoms with Crippen LogP contribution in [0.1, 0.15) is 12.0 Å². The van der Waals surface area contributed by atoms with Crippen LogP contribution in [0, 0.1) is 23.2 Å². The van der Waals surface area contributed by atoms with Crippen molar-refractivity contribution in [2.45, 2.75) is 6.42 Å². The van der Waals surface area contributed by atoms with Gasteiger partial charge in [0.2, 0.25) is 0 Å². The third-order valence-corrected chi connectivity index (χ3v) is 1.48. The Balaban J connectivity index is 3.04. The summed E-state index contributed by atoms with van der Waals surface area (Å²) >= 11 is 5.63. The van der Waals surface area contributed by atoms with Gasteiger partial charge in [0, 0.05) is 6.20 Å². The summed E-state index contributed by atoms with van der Waals surface area (Å²) in [6.45, 7) is 0. The van der Waals surface area contributed by atoms with Crippen LogP contribution in [0.4, 0.5) is 0 Å². The van der Waals surface area contributed by atoms with Crippen LogP contribution in [-0.4, -0.2) is 4.98 Å². The van der Waals surface area contributed by atoms with Crippen molar-refractivity contribution in [2.75, 3.05) is 0 Å². The Labute approximate surface area is 80.0 Å². The number of nitrogens with one attached hydrogen (secondary N) is 1. The van der Waals surface area contributed by atoms with E-state index in [1.807, 2.05) is 6.07 Å². The molecule has 0 amide bonds. The second-order valence-corrected chi connectivity index (χ2v) is 2.63. The maximum Gasteiger partial charge on any atom is 0.263 e. The first-order valence-electron chi connectivity index (χ1n) is 3.48. The first-order valence-corrected chi connectivity index (χ1v) is 3.86. The van der Waals surface area contributed by atoms with Gasteiger partial charge in [0.1, 0.15) is 0 Å². The summed E-state index contributed by atoms with van der Waals surface area (Å²) in [6, 6.07) is 3.32. The highest BCUT2D eigenvalue weighted by Gasteiger charge is 1.95. The van der Waals surface area contributed by atoms with Gasteiger partial charge in [0.25, 0.3) is 5.56 Å². The minimum atomic E-state index is -0.296. The third-order valence-electron chi connectivity index (χ3n) is 1.26. The van der Waals surface area contributed by atoms with Crippen LogP contribution in [0.15, 0.2) is 17.1 Å². The molecular weight excluding hydrogens is 188 g/mol. The van der Waals surface area contributed by atoms with E-state index in [1.54, 1.807) is 0 Å². The molecule has 4 heteroatoms. The molecule has 64 valence electrons. The molecule has 0 fully saturated rings. The fraction of sp³-hybridized carbons (Fsp3) is 0.111. The van der Waals surface area contributed by atoms with E-state index in [0.29, 0.717) is 5.02 Å². The van der Waals surface area contributed by atoms with Gasteiger partial charge in [-0.3, -0.25) is 4.79 Å². The van der Waals surface area contributed by atoms with E-state index in [4.69, 9.17) is 16.9 Å². The molecule has 0 aliphatic carbocycles. The standard InChI is InChI=1S/C9H5ClN2O/c10-8-5-7(3-1-2-4-11)9(13)12-6-8/h5-6H,2H2,(H,12,13). The van der Waals surface area contributed by atoms with Crippen molar-refractivity contribution in [2.24, 2.45) is 0 Å². The number of nitrogens with zero attached hydrogens (tertiary/aromatic N) is 1. The Hall–Kier alpha value is -1.71. The highest BCUT2D eigenvalue weighted by molar-refractivity contribution is 6.30. The summed E-state index contributed by atoms with van der Waals surface area (Å²) in [6.07, 6.45) is 1.49. The molecule has 0 atom stereocenters. The largest absolute Gasteiger partial charge is 0.327 e. The Bertz CT molecular complexity index is 459. The van der Waals surface area contributed by atoms with Gasteiger partial charge in [-0.1, -0.05) is 23.4 Å². The average Bonchev–Trinajstić information content (AvgIpc) is 2.11. The molecule has 3 nitrogen and oxygen atoms in total. The first kappa shape index (κ1) is 9.38. The lowest BCUT2D eigenvalue weighted by molar-refractivity contribution is 1.22. The molecular formula is C9H5ClN2O. The van der Waals surface area contributed by atoms with Crippen molar-refractivity contribution in [3.63, 3.8) is 0 Å². The molecule has 0 saturated carbocycles. The summed E-state index contributed by atoms with van der Waals surface area (Å²) in [5.41, 5.74) is -0.0161. The summed E-state index contributed by atoms with van der Waals surface area (Å²) < 4.78 is 0. The van der Waals surface area contributed by atoms with Gasteiger partial charge in [-0.2, -0.15) is 5.26 Å². The van der Waals surface area contributed by atoms with E-state index in [2.05, 4.69) is 16.8 Å². The van der Waals surface area contributed by atoms with Gasteiger partial charge in [-0.15, -0.1) is 0 Å². The van der Waals surface area contributed by atoms with Crippen LogP contribution in [-0.2, 0) is 0 Å². The van der Waals surface area contributed by atoms with Crippen LogP contribution in [0.5, 0.6) is 0 Å². The second kappa shape index (κ2) is 4.35. The number of halogens is 1. The predicted octanol–water partition coefficient (Wildman–Crippen LogP) is 1.29. The summed E-state index contributed by atoms with van der Waals surface area (Å²) in [5, 5.41) is 8.62. The van der Waals surface area contributed by atoms with Crippen LogP contribution in [0.2, 0.25) is 5.02 Å². The minimum Gasteiger partial charge on any atom is -0.327 e. The molecule has 1 aromatic rings. The normalized spacial score (nSPS) is 8.31. The number of rotatable bonds is 0. The Morgan fingerprint density at radius 3 is 3.08 bits per heavy atom. The van der Waals surface area contributed by atoms with Crippen LogP contribution >= 0.6 is 11.6 Å². The summed E-state index contributed by atoms with van der Waals surface area (Å²) in [7, 11) is 0. The van der Waals surface area contributed by atoms with Crippen LogP contribution < -0.4 is 5.56 Å². The first-order chi connectivity index (χ1) is 6.24. The van der Waals surface area contributed by atoms with E-state index in [9.17, 15) is 4.79 Å². The van der Waals surface area contributed by atoms with Crippen molar-refractivity contribution in [3.8, 4) is 17.9 Å². The topological polar surface area (TPSA) is 56.6 Å². The molecule has 13 heavy (non-hydrogen) atoms. The van der Waals surface area contributed by atoms with Crippen molar-refractivity contribution < 1.29 is 0 Å². The number of hydrogen-bond donors (Lipinski definition) is 1. The van der Waals surface area contributed by atoms with E-state index < -0.39 is 0 Å². The number of H-pyrrole nitrogens is 1. The molecule has 1 N–H and O–H groups in total. The molecule has 1 rings (SSSR count). The van der Waals surface area contributed by atoms with Crippen LogP contribution in [0.3, 0.4) is 0 Å². The molecule has 1 aromatic heterocycles. The highest BCUT2D eigenvalue weighted by Crippen LogP contribution is 2.03. The molecule has 0 radical (unpaired) electrons. The predicted molar refractivity (Wildman–Crippen MR) is 49.2 cm³/mol. The number of pyridine rings is 1. The van der Waals surface area contributed by atoms with E-state index in [-0.39, 0.29) is 17.5 Å². The van der Waals surface area contributed by atoms with Crippen LogP contribution in [0.25, 0.3) is 0 Å². The lowest BCUT2D eigenvalue weighted by Crippen LogP contribution is -2.08. The number of hydrogen-bond acceptors (Lipinski definition) is 2. The lowest BCUT2D eigenvalue weighted by Gasteiger charge is -1.89. The van der Waals surface area contributed by atoms with E-state index >= 15 is 0 Å². The Morgan fingerprint density at radius 2 is 2.38 bits per heavy atom. The fourth-order valence-corrected chi connectivity index (χ4v) is 0.893. The zero-order valence-corrected chi connectivity index (χ0v) is 7.35.